The summed E-state index contributed by atoms with van der Waals surface area (Å²) in [5.74, 6) is -0.0192. The first-order valence-electron chi connectivity index (χ1n) is 5.92. The Bertz CT molecular complexity index is 395. The van der Waals surface area contributed by atoms with Crippen LogP contribution in [0.4, 0.5) is 0 Å². The number of amides is 1. The van der Waals surface area contributed by atoms with Crippen LogP contribution in [-0.4, -0.2) is 47.8 Å². The fourth-order valence-electron chi connectivity index (χ4n) is 1.89. The van der Waals surface area contributed by atoms with Crippen molar-refractivity contribution in [3.05, 3.63) is 17.0 Å². The lowest BCUT2D eigenvalue weighted by atomic mass is 10.1. The average molecular weight is 238 g/mol. The van der Waals surface area contributed by atoms with E-state index in [1.165, 1.54) is 0 Å². The van der Waals surface area contributed by atoms with Crippen LogP contribution in [0.1, 0.15) is 28.7 Å². The minimum Gasteiger partial charge on any atom is -0.351 e. The molecule has 0 aliphatic rings. The highest BCUT2D eigenvalue weighted by Crippen LogP contribution is 2.13. The van der Waals surface area contributed by atoms with Crippen molar-refractivity contribution in [2.24, 2.45) is 7.05 Å². The molecule has 5 heteroatoms. The van der Waals surface area contributed by atoms with Gasteiger partial charge in [-0.05, 0) is 27.4 Å². The summed E-state index contributed by atoms with van der Waals surface area (Å²) in [5.41, 5.74) is 2.52. The number of hydrogen-bond donors (Lipinski definition) is 1. The molecule has 1 rings (SSSR count). The third kappa shape index (κ3) is 3.30. The molecule has 0 fully saturated rings. The maximum atomic E-state index is 12.1. The smallest absolute Gasteiger partial charge is 0.255 e. The van der Waals surface area contributed by atoms with E-state index >= 15 is 0 Å². The van der Waals surface area contributed by atoms with E-state index in [1.807, 2.05) is 39.9 Å². The van der Waals surface area contributed by atoms with E-state index in [0.717, 1.165) is 29.9 Å². The van der Waals surface area contributed by atoms with Crippen LogP contribution >= 0.6 is 0 Å². The minimum absolute atomic E-state index is 0.0192. The second-order valence-corrected chi connectivity index (χ2v) is 4.44. The van der Waals surface area contributed by atoms with Gasteiger partial charge < -0.3 is 10.2 Å². The first-order chi connectivity index (χ1) is 7.97. The van der Waals surface area contributed by atoms with Crippen LogP contribution in [0.3, 0.4) is 0 Å². The van der Waals surface area contributed by atoms with Gasteiger partial charge in [0.15, 0.2) is 0 Å². The molecular weight excluding hydrogens is 216 g/mol. The van der Waals surface area contributed by atoms with Gasteiger partial charge in [0.05, 0.1) is 17.0 Å². The molecule has 0 bridgehead atoms. The maximum absolute atomic E-state index is 12.1. The average Bonchev–Trinajstić information content (AvgIpc) is 2.52. The standard InChI is InChI=1S/C12H22N4O/c1-6-10-11(9(2)14-16(10)5)12(17)13-7-8-15(3)4/h6-8H2,1-5H3,(H,13,17). The molecule has 0 radical (unpaired) electrons. The van der Waals surface area contributed by atoms with Crippen molar-refractivity contribution in [3.63, 3.8) is 0 Å². The molecule has 0 aromatic carbocycles. The van der Waals surface area contributed by atoms with Crippen LogP contribution in [0.15, 0.2) is 0 Å². The third-order valence-electron chi connectivity index (χ3n) is 2.75. The van der Waals surface area contributed by atoms with Gasteiger partial charge in [-0.2, -0.15) is 5.10 Å². The Morgan fingerprint density at radius 2 is 2.12 bits per heavy atom. The predicted molar refractivity (Wildman–Crippen MR) is 68.2 cm³/mol. The van der Waals surface area contributed by atoms with Crippen molar-refractivity contribution in [2.45, 2.75) is 20.3 Å². The molecule has 17 heavy (non-hydrogen) atoms. The fraction of sp³-hybridized carbons (Fsp3) is 0.667. The molecule has 1 heterocycles. The van der Waals surface area contributed by atoms with E-state index in [2.05, 4.69) is 10.4 Å². The quantitative estimate of drug-likeness (QED) is 0.816. The van der Waals surface area contributed by atoms with Crippen molar-refractivity contribution >= 4 is 5.91 Å². The van der Waals surface area contributed by atoms with Crippen molar-refractivity contribution in [1.29, 1.82) is 0 Å². The number of rotatable bonds is 5. The largest absolute Gasteiger partial charge is 0.351 e. The summed E-state index contributed by atoms with van der Waals surface area (Å²) in [6, 6.07) is 0. The number of carbonyl (C=O) groups is 1. The molecular formula is C12H22N4O. The van der Waals surface area contributed by atoms with Gasteiger partial charge in [-0.15, -0.1) is 0 Å². The highest BCUT2D eigenvalue weighted by Gasteiger charge is 2.18. The predicted octanol–water partition coefficient (Wildman–Crippen LogP) is 0.582. The molecule has 96 valence electrons. The SMILES string of the molecule is CCc1c(C(=O)NCCN(C)C)c(C)nn1C. The number of nitrogens with one attached hydrogen (secondary N) is 1. The number of likely N-dealkylation sites (N-methyl/N-ethyl adjacent to an activating group) is 1. The maximum Gasteiger partial charge on any atom is 0.255 e. The summed E-state index contributed by atoms with van der Waals surface area (Å²) in [4.78, 5) is 14.1. The molecule has 0 aliphatic carbocycles. The van der Waals surface area contributed by atoms with Gasteiger partial charge in [0.2, 0.25) is 0 Å². The van der Waals surface area contributed by atoms with E-state index < -0.39 is 0 Å². The van der Waals surface area contributed by atoms with Crippen LogP contribution < -0.4 is 5.32 Å². The van der Waals surface area contributed by atoms with Crippen molar-refractivity contribution in [3.8, 4) is 0 Å². The molecule has 0 atom stereocenters. The zero-order valence-corrected chi connectivity index (χ0v) is 11.4. The Kier molecular flexibility index (Phi) is 4.69. The van der Waals surface area contributed by atoms with Crippen LogP contribution in [-0.2, 0) is 13.5 Å². The third-order valence-corrected chi connectivity index (χ3v) is 2.75. The summed E-state index contributed by atoms with van der Waals surface area (Å²) in [5, 5.41) is 7.22. The molecule has 5 nitrogen and oxygen atoms in total. The molecule has 0 saturated carbocycles. The summed E-state index contributed by atoms with van der Waals surface area (Å²) < 4.78 is 1.79. The van der Waals surface area contributed by atoms with Gasteiger partial charge in [-0.3, -0.25) is 9.48 Å². The molecule has 0 unspecified atom stereocenters. The van der Waals surface area contributed by atoms with Crippen LogP contribution in [0.5, 0.6) is 0 Å². The van der Waals surface area contributed by atoms with E-state index in [9.17, 15) is 4.79 Å². The molecule has 1 aromatic heterocycles. The number of hydrogen-bond acceptors (Lipinski definition) is 3. The number of nitrogens with zero attached hydrogens (tertiary/aromatic N) is 3. The Balaban J connectivity index is 2.75. The molecule has 1 N–H and O–H groups in total. The summed E-state index contributed by atoms with van der Waals surface area (Å²) >= 11 is 0. The lowest BCUT2D eigenvalue weighted by molar-refractivity contribution is 0.0949. The van der Waals surface area contributed by atoms with Gasteiger partial charge in [0.1, 0.15) is 0 Å². The van der Waals surface area contributed by atoms with Gasteiger partial charge in [-0.1, -0.05) is 6.92 Å². The first kappa shape index (κ1) is 13.7. The first-order valence-corrected chi connectivity index (χ1v) is 5.92. The molecule has 1 amide bonds. The summed E-state index contributed by atoms with van der Waals surface area (Å²) in [7, 11) is 5.85. The Morgan fingerprint density at radius 3 is 2.65 bits per heavy atom. The number of aryl methyl sites for hydroxylation is 2. The zero-order valence-electron chi connectivity index (χ0n) is 11.4. The highest BCUT2D eigenvalue weighted by atomic mass is 16.1. The lowest BCUT2D eigenvalue weighted by Crippen LogP contribution is -2.32. The number of aromatic nitrogens is 2. The van der Waals surface area contributed by atoms with Crippen LogP contribution in [0.25, 0.3) is 0 Å². The van der Waals surface area contributed by atoms with Crippen molar-refractivity contribution < 1.29 is 4.79 Å². The van der Waals surface area contributed by atoms with Crippen LogP contribution in [0, 0.1) is 6.92 Å². The highest BCUT2D eigenvalue weighted by molar-refractivity contribution is 5.96. The normalized spacial score (nSPS) is 10.9. The van der Waals surface area contributed by atoms with Crippen molar-refractivity contribution in [1.82, 2.24) is 20.0 Å². The van der Waals surface area contributed by atoms with Crippen LogP contribution in [0.2, 0.25) is 0 Å². The Labute approximate surface area is 103 Å². The van der Waals surface area contributed by atoms with Gasteiger partial charge in [0.25, 0.3) is 5.91 Å². The topological polar surface area (TPSA) is 50.2 Å². The summed E-state index contributed by atoms with van der Waals surface area (Å²) in [6.45, 7) is 5.41. The lowest BCUT2D eigenvalue weighted by Gasteiger charge is -2.10. The zero-order chi connectivity index (χ0) is 13.0. The van der Waals surface area contributed by atoms with Crippen molar-refractivity contribution in [2.75, 3.05) is 27.2 Å². The van der Waals surface area contributed by atoms with E-state index in [0.29, 0.717) is 6.54 Å². The minimum atomic E-state index is -0.0192. The molecule has 0 spiro atoms. The fourth-order valence-corrected chi connectivity index (χ4v) is 1.89. The summed E-state index contributed by atoms with van der Waals surface area (Å²) in [6.07, 6.45) is 0.813. The second kappa shape index (κ2) is 5.82. The van der Waals surface area contributed by atoms with Gasteiger partial charge in [0, 0.05) is 20.1 Å². The Hall–Kier alpha value is -1.36. The molecule has 1 aromatic rings. The van der Waals surface area contributed by atoms with Gasteiger partial charge >= 0.3 is 0 Å². The van der Waals surface area contributed by atoms with E-state index in [-0.39, 0.29) is 5.91 Å². The molecule has 0 saturated heterocycles. The van der Waals surface area contributed by atoms with Gasteiger partial charge in [-0.25, -0.2) is 0 Å². The van der Waals surface area contributed by atoms with E-state index in [4.69, 9.17) is 0 Å². The Morgan fingerprint density at radius 1 is 1.47 bits per heavy atom. The monoisotopic (exact) mass is 238 g/mol. The van der Waals surface area contributed by atoms with E-state index in [1.54, 1.807) is 4.68 Å². The molecule has 0 aliphatic heterocycles. The second-order valence-electron chi connectivity index (χ2n) is 4.44. The number of carbonyl (C=O) groups excluding carboxylic acids is 1.